The normalized spacial score (nSPS) is 14.1. The highest BCUT2D eigenvalue weighted by atomic mass is 32.2. The largest absolute Gasteiger partial charge is 0.272 e. The van der Waals surface area contributed by atoms with E-state index < -0.39 is 0 Å². The van der Waals surface area contributed by atoms with Crippen LogP contribution in [0.25, 0.3) is 0 Å². The van der Waals surface area contributed by atoms with E-state index in [1.165, 1.54) is 0 Å². The summed E-state index contributed by atoms with van der Waals surface area (Å²) in [6.07, 6.45) is 1.66. The lowest BCUT2D eigenvalue weighted by Crippen LogP contribution is -2.26. The number of hydrogen-bond donors (Lipinski definition) is 1. The predicted molar refractivity (Wildman–Crippen MR) is 62.7 cm³/mol. The monoisotopic (exact) mass is 234 g/mol. The highest BCUT2D eigenvalue weighted by molar-refractivity contribution is 7.96. The SMILES string of the molecule is C=CCNSN1C(=O)c2ccccc2C1=O. The first-order chi connectivity index (χ1) is 7.75. The molecule has 1 heterocycles. The number of benzene rings is 1. The molecule has 0 atom stereocenters. The Morgan fingerprint density at radius 2 is 1.81 bits per heavy atom. The number of carbonyl (C=O) groups is 2. The Kier molecular flexibility index (Phi) is 3.07. The molecule has 0 unspecified atom stereocenters. The molecule has 0 fully saturated rings. The average Bonchev–Trinajstić information content (AvgIpc) is 2.55. The second-order valence-corrected chi connectivity index (χ2v) is 4.02. The van der Waals surface area contributed by atoms with Crippen LogP contribution in [0.2, 0.25) is 0 Å². The second kappa shape index (κ2) is 4.51. The highest BCUT2D eigenvalue weighted by Gasteiger charge is 2.35. The van der Waals surface area contributed by atoms with Crippen LogP contribution in [0.3, 0.4) is 0 Å². The molecular formula is C11H10N2O2S. The van der Waals surface area contributed by atoms with Gasteiger partial charge in [-0.05, 0) is 12.1 Å². The fourth-order valence-electron chi connectivity index (χ4n) is 1.41. The van der Waals surface area contributed by atoms with Crippen LogP contribution in [0.1, 0.15) is 20.7 Å². The minimum atomic E-state index is -0.276. The van der Waals surface area contributed by atoms with Crippen molar-refractivity contribution in [1.29, 1.82) is 0 Å². The van der Waals surface area contributed by atoms with Gasteiger partial charge in [0.15, 0.2) is 0 Å². The van der Waals surface area contributed by atoms with Gasteiger partial charge in [0.2, 0.25) is 0 Å². The molecule has 0 radical (unpaired) electrons. The average molecular weight is 234 g/mol. The molecule has 2 rings (SSSR count). The van der Waals surface area contributed by atoms with E-state index in [1.54, 1.807) is 30.3 Å². The third kappa shape index (κ3) is 1.75. The molecule has 0 saturated carbocycles. The Balaban J connectivity index is 2.18. The lowest BCUT2D eigenvalue weighted by Gasteiger charge is -2.11. The predicted octanol–water partition coefficient (Wildman–Crippen LogP) is 1.62. The summed E-state index contributed by atoms with van der Waals surface area (Å²) in [4.78, 5) is 23.6. The Morgan fingerprint density at radius 3 is 2.31 bits per heavy atom. The highest BCUT2D eigenvalue weighted by Crippen LogP contribution is 2.26. The van der Waals surface area contributed by atoms with Crippen molar-refractivity contribution in [2.45, 2.75) is 0 Å². The Labute approximate surface area is 97.6 Å². The van der Waals surface area contributed by atoms with Crippen molar-refractivity contribution in [2.24, 2.45) is 0 Å². The van der Waals surface area contributed by atoms with Crippen LogP contribution in [0.15, 0.2) is 36.9 Å². The standard InChI is InChI=1S/C11H10N2O2S/c1-2-7-12-16-13-10(14)8-5-3-4-6-9(8)11(13)15/h2-6,12H,1,7H2. The van der Waals surface area contributed by atoms with Crippen LogP contribution in [-0.4, -0.2) is 22.7 Å². The molecule has 0 aliphatic carbocycles. The molecule has 2 amide bonds. The maximum Gasteiger partial charge on any atom is 0.272 e. The zero-order chi connectivity index (χ0) is 11.5. The topological polar surface area (TPSA) is 49.4 Å². The van der Waals surface area contributed by atoms with Crippen molar-refractivity contribution < 1.29 is 9.59 Å². The molecular weight excluding hydrogens is 224 g/mol. The van der Waals surface area contributed by atoms with Crippen molar-refractivity contribution in [2.75, 3.05) is 6.54 Å². The van der Waals surface area contributed by atoms with Gasteiger partial charge in [-0.3, -0.25) is 9.59 Å². The first kappa shape index (κ1) is 10.9. The van der Waals surface area contributed by atoms with Crippen molar-refractivity contribution in [3.05, 3.63) is 48.0 Å². The van der Waals surface area contributed by atoms with E-state index in [9.17, 15) is 9.59 Å². The van der Waals surface area contributed by atoms with E-state index >= 15 is 0 Å². The van der Waals surface area contributed by atoms with E-state index in [1.807, 2.05) is 0 Å². The summed E-state index contributed by atoms with van der Waals surface area (Å²) < 4.78 is 3.97. The van der Waals surface area contributed by atoms with Gasteiger partial charge in [-0.2, -0.15) is 0 Å². The van der Waals surface area contributed by atoms with Gasteiger partial charge in [-0.15, -0.1) is 6.58 Å². The minimum absolute atomic E-state index is 0.276. The van der Waals surface area contributed by atoms with Crippen molar-refractivity contribution in [1.82, 2.24) is 9.03 Å². The third-order valence-electron chi connectivity index (χ3n) is 2.14. The maximum absolute atomic E-state index is 11.8. The fourth-order valence-corrected chi connectivity index (χ4v) is 2.09. The number of fused-ring (bicyclic) bond motifs is 1. The van der Waals surface area contributed by atoms with Gasteiger partial charge < -0.3 is 0 Å². The minimum Gasteiger partial charge on any atom is -0.268 e. The summed E-state index contributed by atoms with van der Waals surface area (Å²) in [6, 6.07) is 6.80. The van der Waals surface area contributed by atoms with Gasteiger partial charge in [0.1, 0.15) is 0 Å². The summed E-state index contributed by atoms with van der Waals surface area (Å²) in [5.74, 6) is -0.552. The summed E-state index contributed by atoms with van der Waals surface area (Å²) in [6.45, 7) is 4.06. The molecule has 4 nitrogen and oxygen atoms in total. The summed E-state index contributed by atoms with van der Waals surface area (Å²) >= 11 is 0.994. The number of amides is 2. The van der Waals surface area contributed by atoms with Gasteiger partial charge in [-0.25, -0.2) is 9.03 Å². The zero-order valence-corrected chi connectivity index (χ0v) is 9.29. The molecule has 1 N–H and O–H groups in total. The van der Waals surface area contributed by atoms with Gasteiger partial charge in [-0.1, -0.05) is 18.2 Å². The lowest BCUT2D eigenvalue weighted by atomic mass is 10.1. The first-order valence-electron chi connectivity index (χ1n) is 4.74. The molecule has 0 spiro atoms. The van der Waals surface area contributed by atoms with E-state index in [0.717, 1.165) is 16.4 Å². The molecule has 0 bridgehead atoms. The molecule has 1 aliphatic heterocycles. The van der Waals surface area contributed by atoms with Crippen molar-refractivity contribution >= 4 is 23.9 Å². The number of rotatable bonds is 4. The van der Waals surface area contributed by atoms with Crippen LogP contribution in [0.4, 0.5) is 0 Å². The van der Waals surface area contributed by atoms with Gasteiger partial charge in [0, 0.05) is 18.7 Å². The molecule has 0 aromatic heterocycles. The van der Waals surface area contributed by atoms with E-state index in [0.29, 0.717) is 17.7 Å². The Hall–Kier alpha value is -1.59. The van der Waals surface area contributed by atoms with Crippen LogP contribution in [-0.2, 0) is 0 Å². The molecule has 5 heteroatoms. The number of hydrogen-bond acceptors (Lipinski definition) is 4. The summed E-state index contributed by atoms with van der Waals surface area (Å²) in [5.41, 5.74) is 0.917. The van der Waals surface area contributed by atoms with Gasteiger partial charge >= 0.3 is 0 Å². The fraction of sp³-hybridized carbons (Fsp3) is 0.0909. The maximum atomic E-state index is 11.8. The molecule has 0 saturated heterocycles. The van der Waals surface area contributed by atoms with Crippen LogP contribution in [0.5, 0.6) is 0 Å². The lowest BCUT2D eigenvalue weighted by molar-refractivity contribution is 0.0776. The van der Waals surface area contributed by atoms with Crippen molar-refractivity contribution in [3.63, 3.8) is 0 Å². The quantitative estimate of drug-likeness (QED) is 0.372. The van der Waals surface area contributed by atoms with Gasteiger partial charge in [0.25, 0.3) is 11.8 Å². The molecule has 82 valence electrons. The molecule has 1 aliphatic rings. The van der Waals surface area contributed by atoms with E-state index in [-0.39, 0.29) is 11.8 Å². The van der Waals surface area contributed by atoms with Crippen LogP contribution >= 0.6 is 12.1 Å². The number of imide groups is 1. The molecule has 1 aromatic rings. The summed E-state index contributed by atoms with van der Waals surface area (Å²) in [5, 5.41) is 0. The number of carbonyl (C=O) groups excluding carboxylic acids is 2. The third-order valence-corrected chi connectivity index (χ3v) is 2.95. The Bertz CT molecular complexity index is 424. The van der Waals surface area contributed by atoms with E-state index in [4.69, 9.17) is 0 Å². The number of nitrogens with one attached hydrogen (secondary N) is 1. The molecule has 1 aromatic carbocycles. The Morgan fingerprint density at radius 1 is 1.25 bits per heavy atom. The number of nitrogens with zero attached hydrogens (tertiary/aromatic N) is 1. The van der Waals surface area contributed by atoms with Gasteiger partial charge in [0.05, 0.1) is 11.1 Å². The van der Waals surface area contributed by atoms with E-state index in [2.05, 4.69) is 11.3 Å². The van der Waals surface area contributed by atoms with Crippen LogP contribution in [0, 0.1) is 0 Å². The summed E-state index contributed by atoms with van der Waals surface area (Å²) in [7, 11) is 0. The molecule has 16 heavy (non-hydrogen) atoms. The zero-order valence-electron chi connectivity index (χ0n) is 8.47. The van der Waals surface area contributed by atoms with Crippen molar-refractivity contribution in [3.8, 4) is 0 Å². The van der Waals surface area contributed by atoms with Crippen LogP contribution < -0.4 is 4.72 Å². The first-order valence-corrected chi connectivity index (χ1v) is 5.51. The second-order valence-electron chi connectivity index (χ2n) is 3.18. The smallest absolute Gasteiger partial charge is 0.268 e.